The minimum atomic E-state index is -0.750. The van der Waals surface area contributed by atoms with Gasteiger partial charge in [0.15, 0.2) is 11.5 Å². The molecule has 0 bridgehead atoms. The summed E-state index contributed by atoms with van der Waals surface area (Å²) in [5, 5.41) is 22.8. The standard InChI is InChI=1S/C26H44N2O6/c1-19(2)9-7-11-21(5)13-15-33-25-17-23(27(29)30)24(28(31)32)18-26(25)34-16-14-22(6)12-8-10-20(3)4/h17-22H,7-16H2,1-6H3. The molecular formula is C26H44N2O6. The number of benzene rings is 1. The summed E-state index contributed by atoms with van der Waals surface area (Å²) in [4.78, 5) is 21.3. The predicted molar refractivity (Wildman–Crippen MR) is 136 cm³/mol. The molecule has 0 heterocycles. The van der Waals surface area contributed by atoms with Crippen molar-refractivity contribution in [3.05, 3.63) is 32.4 Å². The number of hydrogen-bond donors (Lipinski definition) is 0. The van der Waals surface area contributed by atoms with Gasteiger partial charge < -0.3 is 9.47 Å². The SMILES string of the molecule is CC(C)CCCC(C)CCOc1cc([N+](=O)[O-])c([N+](=O)[O-])cc1OCCC(C)CCCC(C)C. The monoisotopic (exact) mass is 480 g/mol. The van der Waals surface area contributed by atoms with E-state index in [1.807, 2.05) is 0 Å². The Labute approximate surface area is 204 Å². The van der Waals surface area contributed by atoms with Crippen molar-refractivity contribution in [1.29, 1.82) is 0 Å². The molecule has 1 aromatic carbocycles. The van der Waals surface area contributed by atoms with Crippen LogP contribution in [0.15, 0.2) is 12.1 Å². The normalized spacial score (nSPS) is 13.2. The van der Waals surface area contributed by atoms with Crippen LogP contribution in [0.4, 0.5) is 11.4 Å². The molecule has 1 rings (SSSR count). The van der Waals surface area contributed by atoms with Gasteiger partial charge in [-0.05, 0) is 36.5 Å². The molecule has 1 aromatic rings. The second-order valence-electron chi connectivity index (χ2n) is 10.4. The highest BCUT2D eigenvalue weighted by Crippen LogP contribution is 2.39. The molecule has 0 amide bonds. The summed E-state index contributed by atoms with van der Waals surface area (Å²) >= 11 is 0. The number of ether oxygens (including phenoxy) is 2. The Morgan fingerprint density at radius 3 is 1.29 bits per heavy atom. The Bertz CT molecular complexity index is 703. The molecule has 0 radical (unpaired) electrons. The highest BCUT2D eigenvalue weighted by atomic mass is 16.6. The van der Waals surface area contributed by atoms with Crippen LogP contribution in [-0.4, -0.2) is 23.1 Å². The maximum absolute atomic E-state index is 11.4. The molecule has 0 aromatic heterocycles. The number of nitro benzene ring substituents is 2. The van der Waals surface area contributed by atoms with Gasteiger partial charge in [0.1, 0.15) is 0 Å². The van der Waals surface area contributed by atoms with Gasteiger partial charge >= 0.3 is 11.4 Å². The average Bonchev–Trinajstić information content (AvgIpc) is 2.73. The largest absolute Gasteiger partial charge is 0.489 e. The van der Waals surface area contributed by atoms with E-state index in [1.165, 1.54) is 12.8 Å². The summed E-state index contributed by atoms with van der Waals surface area (Å²) in [6, 6.07) is 2.26. The molecule has 0 aliphatic rings. The first kappa shape index (κ1) is 29.7. The summed E-state index contributed by atoms with van der Waals surface area (Å²) in [5.74, 6) is 2.67. The average molecular weight is 481 g/mol. The summed E-state index contributed by atoms with van der Waals surface area (Å²) < 4.78 is 11.7. The van der Waals surface area contributed by atoms with Gasteiger partial charge in [-0.2, -0.15) is 0 Å². The highest BCUT2D eigenvalue weighted by Gasteiger charge is 2.28. The van der Waals surface area contributed by atoms with E-state index in [1.54, 1.807) is 0 Å². The molecule has 2 unspecified atom stereocenters. The Hall–Kier alpha value is -2.38. The summed E-state index contributed by atoms with van der Waals surface area (Å²) in [7, 11) is 0. The lowest BCUT2D eigenvalue weighted by Gasteiger charge is -2.17. The Morgan fingerprint density at radius 1 is 0.647 bits per heavy atom. The van der Waals surface area contributed by atoms with Crippen LogP contribution in [0, 0.1) is 43.9 Å². The van der Waals surface area contributed by atoms with Crippen molar-refractivity contribution in [2.75, 3.05) is 13.2 Å². The lowest BCUT2D eigenvalue weighted by Crippen LogP contribution is -2.09. The van der Waals surface area contributed by atoms with Gasteiger partial charge in [0.2, 0.25) is 0 Å². The molecule has 0 aliphatic heterocycles. The van der Waals surface area contributed by atoms with Gasteiger partial charge in [-0.3, -0.25) is 20.2 Å². The molecule has 34 heavy (non-hydrogen) atoms. The first-order chi connectivity index (χ1) is 16.0. The van der Waals surface area contributed by atoms with Gasteiger partial charge in [0.25, 0.3) is 0 Å². The third-order valence-electron chi connectivity index (χ3n) is 6.13. The minimum absolute atomic E-state index is 0.194. The summed E-state index contributed by atoms with van der Waals surface area (Å²) in [6.07, 6.45) is 8.49. The lowest BCUT2D eigenvalue weighted by atomic mass is 9.97. The van der Waals surface area contributed by atoms with Crippen LogP contribution in [0.3, 0.4) is 0 Å². The van der Waals surface area contributed by atoms with Gasteiger partial charge in [-0.25, -0.2) is 0 Å². The van der Waals surface area contributed by atoms with E-state index in [0.29, 0.717) is 36.9 Å². The molecule has 0 saturated heterocycles. The molecule has 0 saturated carbocycles. The zero-order valence-corrected chi connectivity index (χ0v) is 21.9. The second-order valence-corrected chi connectivity index (χ2v) is 10.4. The summed E-state index contributed by atoms with van der Waals surface area (Å²) in [6.45, 7) is 13.9. The van der Waals surface area contributed by atoms with Gasteiger partial charge in [-0.1, -0.05) is 80.1 Å². The fourth-order valence-corrected chi connectivity index (χ4v) is 3.83. The quantitative estimate of drug-likeness (QED) is 0.156. The molecule has 194 valence electrons. The van der Waals surface area contributed by atoms with Crippen LogP contribution in [0.5, 0.6) is 11.5 Å². The molecule has 8 nitrogen and oxygen atoms in total. The van der Waals surface area contributed by atoms with Crippen LogP contribution in [0.1, 0.15) is 92.9 Å². The maximum atomic E-state index is 11.4. The van der Waals surface area contributed by atoms with E-state index < -0.39 is 21.2 Å². The predicted octanol–water partition coefficient (Wildman–Crippen LogP) is 7.97. The second kappa shape index (κ2) is 15.5. The van der Waals surface area contributed by atoms with Gasteiger partial charge in [0.05, 0.1) is 35.2 Å². The number of rotatable bonds is 18. The third kappa shape index (κ3) is 11.7. The van der Waals surface area contributed by atoms with Crippen molar-refractivity contribution in [2.24, 2.45) is 23.7 Å². The maximum Gasteiger partial charge on any atom is 0.350 e. The first-order valence-corrected chi connectivity index (χ1v) is 12.7. The molecule has 2 atom stereocenters. The van der Waals surface area contributed by atoms with Crippen molar-refractivity contribution in [3.8, 4) is 11.5 Å². The third-order valence-corrected chi connectivity index (χ3v) is 6.13. The van der Waals surface area contributed by atoms with E-state index in [9.17, 15) is 20.2 Å². The Morgan fingerprint density at radius 2 is 1.00 bits per heavy atom. The van der Waals surface area contributed by atoms with E-state index in [0.717, 1.165) is 50.7 Å². The number of hydrogen-bond acceptors (Lipinski definition) is 6. The molecule has 0 fully saturated rings. The first-order valence-electron chi connectivity index (χ1n) is 12.7. The van der Waals surface area contributed by atoms with Crippen LogP contribution < -0.4 is 9.47 Å². The van der Waals surface area contributed by atoms with Crippen LogP contribution in [0.25, 0.3) is 0 Å². The lowest BCUT2D eigenvalue weighted by molar-refractivity contribution is -0.422. The molecule has 0 aliphatic carbocycles. The fourth-order valence-electron chi connectivity index (χ4n) is 3.83. The zero-order valence-electron chi connectivity index (χ0n) is 21.9. The number of nitro groups is 2. The Kier molecular flexibility index (Phi) is 13.5. The van der Waals surface area contributed by atoms with Crippen LogP contribution >= 0.6 is 0 Å². The topological polar surface area (TPSA) is 105 Å². The smallest absolute Gasteiger partial charge is 0.350 e. The molecule has 0 spiro atoms. The van der Waals surface area contributed by atoms with Crippen molar-refractivity contribution in [2.45, 2.75) is 92.9 Å². The van der Waals surface area contributed by atoms with Gasteiger partial charge in [-0.15, -0.1) is 0 Å². The minimum Gasteiger partial charge on any atom is -0.489 e. The fraction of sp³-hybridized carbons (Fsp3) is 0.769. The van der Waals surface area contributed by atoms with Crippen molar-refractivity contribution in [3.63, 3.8) is 0 Å². The van der Waals surface area contributed by atoms with Gasteiger partial charge in [0, 0.05) is 0 Å². The molecular weight excluding hydrogens is 436 g/mol. The van der Waals surface area contributed by atoms with E-state index >= 15 is 0 Å². The molecule has 8 heteroatoms. The van der Waals surface area contributed by atoms with Crippen molar-refractivity contribution < 1.29 is 19.3 Å². The van der Waals surface area contributed by atoms with Crippen molar-refractivity contribution in [1.82, 2.24) is 0 Å². The zero-order chi connectivity index (χ0) is 25.7. The molecule has 0 N–H and O–H groups in total. The van der Waals surface area contributed by atoms with Crippen molar-refractivity contribution >= 4 is 11.4 Å². The van der Waals surface area contributed by atoms with Crippen LogP contribution in [-0.2, 0) is 0 Å². The highest BCUT2D eigenvalue weighted by molar-refractivity contribution is 5.62. The van der Waals surface area contributed by atoms with Crippen LogP contribution in [0.2, 0.25) is 0 Å². The number of nitrogens with zero attached hydrogens (tertiary/aromatic N) is 2. The van der Waals surface area contributed by atoms with E-state index in [2.05, 4.69) is 41.5 Å². The van der Waals surface area contributed by atoms with E-state index in [4.69, 9.17) is 9.47 Å². The van der Waals surface area contributed by atoms with E-state index in [-0.39, 0.29) is 11.5 Å². The Balaban J connectivity index is 2.81. The summed E-state index contributed by atoms with van der Waals surface area (Å²) in [5.41, 5.74) is -1.17.